The topological polar surface area (TPSA) is 96.0 Å². The first-order chi connectivity index (χ1) is 17.7. The molecule has 3 aromatic carbocycles. The third-order valence-corrected chi connectivity index (χ3v) is 6.02. The minimum Gasteiger partial charge on any atom is -0.326 e. The van der Waals surface area contributed by atoms with Crippen molar-refractivity contribution in [2.24, 2.45) is 0 Å². The monoisotopic (exact) mass is 529 g/mol. The number of hydrogen-bond donors (Lipinski definition) is 3. The number of nitrogens with one attached hydrogen (secondary N) is 3. The molecule has 0 aliphatic heterocycles. The van der Waals surface area contributed by atoms with Gasteiger partial charge in [-0.05, 0) is 42.0 Å². The van der Waals surface area contributed by atoms with Crippen LogP contribution in [-0.4, -0.2) is 28.2 Å². The van der Waals surface area contributed by atoms with Crippen LogP contribution in [-0.2, 0) is 17.4 Å². The molecule has 4 aromatic rings. The molecule has 0 bridgehead atoms. The number of carbonyl (C=O) groups excluding carboxylic acids is 2. The molecule has 4 rings (SSSR count). The lowest BCUT2D eigenvalue weighted by Gasteiger charge is -2.19. The molecule has 37 heavy (non-hydrogen) atoms. The fraction of sp³-hybridized carbons (Fsp3) is 0.120. The van der Waals surface area contributed by atoms with Crippen LogP contribution in [0.4, 0.5) is 33.2 Å². The Morgan fingerprint density at radius 2 is 1.54 bits per heavy atom. The number of rotatable bonds is 7. The van der Waals surface area contributed by atoms with Gasteiger partial charge in [0.05, 0.1) is 11.3 Å². The zero-order valence-electron chi connectivity index (χ0n) is 18.9. The fourth-order valence-corrected chi connectivity index (χ4v) is 4.14. The highest BCUT2D eigenvalue weighted by atomic mass is 32.1. The molecule has 3 N–H and O–H groups in total. The Hall–Kier alpha value is -4.32. The van der Waals surface area contributed by atoms with Crippen molar-refractivity contribution in [1.82, 2.24) is 15.5 Å². The number of alkyl halides is 3. The van der Waals surface area contributed by atoms with E-state index in [4.69, 9.17) is 0 Å². The lowest BCUT2D eigenvalue weighted by atomic mass is 10.1. The minimum atomic E-state index is -4.68. The summed E-state index contributed by atoms with van der Waals surface area (Å²) < 4.78 is 53.1. The summed E-state index contributed by atoms with van der Waals surface area (Å²) in [6, 6.07) is 16.7. The third kappa shape index (κ3) is 6.88. The van der Waals surface area contributed by atoms with Gasteiger partial charge in [0.15, 0.2) is 0 Å². The normalized spacial score (nSPS) is 12.0. The zero-order valence-corrected chi connectivity index (χ0v) is 19.7. The van der Waals surface area contributed by atoms with Crippen molar-refractivity contribution in [1.29, 1.82) is 0 Å². The van der Waals surface area contributed by atoms with Gasteiger partial charge in [-0.3, -0.25) is 10.1 Å². The summed E-state index contributed by atoms with van der Waals surface area (Å²) in [4.78, 5) is 25.7. The Balaban J connectivity index is 1.50. The van der Waals surface area contributed by atoms with E-state index in [9.17, 15) is 27.2 Å². The molecule has 0 saturated carbocycles. The Labute approximate surface area is 212 Å². The highest BCUT2D eigenvalue weighted by Gasteiger charge is 2.34. The van der Waals surface area contributed by atoms with Gasteiger partial charge in [0, 0.05) is 12.0 Å². The van der Waals surface area contributed by atoms with Crippen molar-refractivity contribution >= 4 is 34.1 Å². The largest absolute Gasteiger partial charge is 0.418 e. The van der Waals surface area contributed by atoms with Crippen molar-refractivity contribution in [2.45, 2.75) is 18.6 Å². The average molecular weight is 530 g/mol. The van der Waals surface area contributed by atoms with Crippen molar-refractivity contribution in [2.75, 3.05) is 10.6 Å². The number of halogens is 4. The third-order valence-electron chi connectivity index (χ3n) is 5.13. The number of nitrogens with zero attached hydrogens (tertiary/aromatic N) is 2. The smallest absolute Gasteiger partial charge is 0.326 e. The number of amides is 3. The van der Waals surface area contributed by atoms with Crippen LogP contribution < -0.4 is 16.0 Å². The summed E-state index contributed by atoms with van der Waals surface area (Å²) in [5.74, 6) is -1.06. The fourth-order valence-electron chi connectivity index (χ4n) is 3.39. The van der Waals surface area contributed by atoms with Crippen LogP contribution in [0.1, 0.15) is 11.1 Å². The maximum Gasteiger partial charge on any atom is 0.418 e. The van der Waals surface area contributed by atoms with E-state index in [0.29, 0.717) is 16.1 Å². The van der Waals surface area contributed by atoms with Crippen molar-refractivity contribution in [3.63, 3.8) is 0 Å². The van der Waals surface area contributed by atoms with Gasteiger partial charge in [-0.2, -0.15) is 13.2 Å². The average Bonchev–Trinajstić information content (AvgIpc) is 3.33. The highest BCUT2D eigenvalue weighted by Crippen LogP contribution is 2.34. The predicted octanol–water partition coefficient (Wildman–Crippen LogP) is 5.73. The van der Waals surface area contributed by atoms with Crippen LogP contribution in [0.2, 0.25) is 0 Å². The first-order valence-electron chi connectivity index (χ1n) is 10.9. The second-order valence-electron chi connectivity index (χ2n) is 7.79. The van der Waals surface area contributed by atoms with Gasteiger partial charge in [0.2, 0.25) is 11.0 Å². The number of urea groups is 1. The van der Waals surface area contributed by atoms with Crippen molar-refractivity contribution in [3.8, 4) is 10.6 Å². The number of anilines is 2. The number of carbonyl (C=O) groups is 2. The molecule has 0 saturated heterocycles. The summed E-state index contributed by atoms with van der Waals surface area (Å²) >= 11 is 1.04. The van der Waals surface area contributed by atoms with E-state index < -0.39 is 41.2 Å². The molecule has 0 aliphatic rings. The molecule has 0 radical (unpaired) electrons. The SMILES string of the molecule is O=C(Nc1ccccc1C(F)(F)F)NC(Cc1ccccc1)C(=O)Nc1nnc(-c2ccc(F)cc2)s1. The Kier molecular flexibility index (Phi) is 7.77. The van der Waals surface area contributed by atoms with E-state index in [2.05, 4.69) is 26.1 Å². The van der Waals surface area contributed by atoms with E-state index in [0.717, 1.165) is 23.5 Å². The molecule has 0 aliphatic carbocycles. The standard InChI is InChI=1S/C25H19F4N5O2S/c26-17-12-10-16(11-13-17)22-33-34-24(37-22)32-21(35)20(14-15-6-2-1-3-7-15)31-23(36)30-19-9-5-4-8-18(19)25(27,28)29/h1-13,20H,14H2,(H2,30,31,36)(H,32,34,35). The predicted molar refractivity (Wildman–Crippen MR) is 131 cm³/mol. The lowest BCUT2D eigenvalue weighted by Crippen LogP contribution is -2.47. The number of benzene rings is 3. The van der Waals surface area contributed by atoms with Crippen LogP contribution >= 0.6 is 11.3 Å². The van der Waals surface area contributed by atoms with Crippen LogP contribution in [0.5, 0.6) is 0 Å². The molecule has 7 nitrogen and oxygen atoms in total. The van der Waals surface area contributed by atoms with Gasteiger partial charge < -0.3 is 10.6 Å². The minimum absolute atomic E-state index is 0.0602. The van der Waals surface area contributed by atoms with Crippen LogP contribution in [0, 0.1) is 5.82 Å². The van der Waals surface area contributed by atoms with Gasteiger partial charge in [0.1, 0.15) is 16.9 Å². The second kappa shape index (κ2) is 11.2. The van der Waals surface area contributed by atoms with Gasteiger partial charge in [-0.15, -0.1) is 10.2 Å². The Morgan fingerprint density at radius 3 is 2.24 bits per heavy atom. The maximum absolute atomic E-state index is 13.3. The lowest BCUT2D eigenvalue weighted by molar-refractivity contribution is -0.137. The van der Waals surface area contributed by atoms with Crippen molar-refractivity contribution in [3.05, 3.63) is 95.8 Å². The Bertz CT molecular complexity index is 1380. The molecule has 0 spiro atoms. The van der Waals surface area contributed by atoms with E-state index in [1.807, 2.05) is 0 Å². The molecular weight excluding hydrogens is 510 g/mol. The Morgan fingerprint density at radius 1 is 0.865 bits per heavy atom. The molecular formula is C25H19F4N5O2S. The van der Waals surface area contributed by atoms with Crippen LogP contribution in [0.15, 0.2) is 78.9 Å². The quantitative estimate of drug-likeness (QED) is 0.266. The number of aromatic nitrogens is 2. The van der Waals surface area contributed by atoms with E-state index in [1.54, 1.807) is 30.3 Å². The molecule has 1 aromatic heterocycles. The molecule has 1 heterocycles. The van der Waals surface area contributed by atoms with Gasteiger partial charge >= 0.3 is 12.2 Å². The summed E-state index contributed by atoms with van der Waals surface area (Å²) in [7, 11) is 0. The molecule has 1 unspecified atom stereocenters. The highest BCUT2D eigenvalue weighted by molar-refractivity contribution is 7.18. The van der Waals surface area contributed by atoms with E-state index in [-0.39, 0.29) is 11.6 Å². The first-order valence-corrected chi connectivity index (χ1v) is 11.7. The summed E-state index contributed by atoms with van der Waals surface area (Å²) in [6.45, 7) is 0. The molecule has 0 fully saturated rings. The molecule has 190 valence electrons. The van der Waals surface area contributed by atoms with E-state index in [1.165, 1.54) is 36.4 Å². The second-order valence-corrected chi connectivity index (χ2v) is 8.77. The summed E-state index contributed by atoms with van der Waals surface area (Å²) in [6.07, 6.45) is -4.62. The number of hydrogen-bond acceptors (Lipinski definition) is 5. The number of para-hydroxylation sites is 1. The summed E-state index contributed by atoms with van der Waals surface area (Å²) in [5.41, 5.74) is -0.153. The van der Waals surface area contributed by atoms with Gasteiger partial charge in [-0.1, -0.05) is 53.8 Å². The van der Waals surface area contributed by atoms with Gasteiger partial charge in [0.25, 0.3) is 0 Å². The first kappa shape index (κ1) is 25.8. The molecule has 12 heteroatoms. The molecule has 3 amide bonds. The van der Waals surface area contributed by atoms with E-state index >= 15 is 0 Å². The zero-order chi connectivity index (χ0) is 26.4. The maximum atomic E-state index is 13.3. The van der Waals surface area contributed by atoms with Crippen molar-refractivity contribution < 1.29 is 27.2 Å². The molecule has 1 atom stereocenters. The van der Waals surface area contributed by atoms with Gasteiger partial charge in [-0.25, -0.2) is 9.18 Å². The van der Waals surface area contributed by atoms with Crippen LogP contribution in [0.3, 0.4) is 0 Å². The summed E-state index contributed by atoms with van der Waals surface area (Å²) in [5, 5.41) is 15.7. The van der Waals surface area contributed by atoms with Crippen LogP contribution in [0.25, 0.3) is 10.6 Å².